The van der Waals surface area contributed by atoms with Crippen molar-refractivity contribution in [1.82, 2.24) is 14.5 Å². The molecular weight excluding hydrogens is 401 g/mol. The van der Waals surface area contributed by atoms with Crippen LogP contribution in [0.2, 0.25) is 0 Å². The molecule has 0 unspecified atom stereocenters. The number of amides is 1. The van der Waals surface area contributed by atoms with E-state index in [0.29, 0.717) is 50.2 Å². The lowest BCUT2D eigenvalue weighted by Crippen LogP contribution is -2.48. The maximum Gasteiger partial charge on any atom is 0.265 e. The number of benzene rings is 1. The lowest BCUT2D eigenvalue weighted by Gasteiger charge is -2.37. The summed E-state index contributed by atoms with van der Waals surface area (Å²) >= 11 is 0. The second-order valence-electron chi connectivity index (χ2n) is 7.89. The van der Waals surface area contributed by atoms with E-state index in [9.17, 15) is 14.0 Å². The molecule has 0 N–H and O–H groups in total. The van der Waals surface area contributed by atoms with Gasteiger partial charge in [0.1, 0.15) is 17.0 Å². The van der Waals surface area contributed by atoms with Crippen molar-refractivity contribution in [3.05, 3.63) is 76.0 Å². The number of hydrogen-bond acceptors (Lipinski definition) is 5. The minimum absolute atomic E-state index is 0.104. The second-order valence-corrected chi connectivity index (χ2v) is 7.89. The van der Waals surface area contributed by atoms with Crippen molar-refractivity contribution in [3.63, 3.8) is 0 Å². The van der Waals surface area contributed by atoms with Crippen LogP contribution in [0.5, 0.6) is 0 Å². The van der Waals surface area contributed by atoms with Gasteiger partial charge in [0, 0.05) is 37.5 Å². The monoisotopic (exact) mass is 423 g/mol. The molecule has 5 rings (SSSR count). The van der Waals surface area contributed by atoms with Crippen LogP contribution in [0.4, 0.5) is 4.39 Å². The Morgan fingerprint density at radius 1 is 1.10 bits per heavy atom. The summed E-state index contributed by atoms with van der Waals surface area (Å²) in [5.41, 5.74) is 0.926. The number of rotatable bonds is 3. The Balaban J connectivity index is 1.49. The predicted octanol–water partition coefficient (Wildman–Crippen LogP) is 2.56. The highest BCUT2D eigenvalue weighted by Gasteiger charge is 2.41. The Kier molecular flexibility index (Phi) is 5.03. The van der Waals surface area contributed by atoms with Gasteiger partial charge in [0.25, 0.3) is 11.5 Å². The molecule has 1 aromatic carbocycles. The minimum Gasteiger partial charge on any atom is -0.347 e. The third-order valence-corrected chi connectivity index (χ3v) is 5.96. The summed E-state index contributed by atoms with van der Waals surface area (Å²) in [6.07, 6.45) is 2.77. The van der Waals surface area contributed by atoms with Crippen molar-refractivity contribution in [3.8, 4) is 0 Å². The van der Waals surface area contributed by atoms with Crippen LogP contribution >= 0.6 is 0 Å². The van der Waals surface area contributed by atoms with Crippen LogP contribution < -0.4 is 5.56 Å². The van der Waals surface area contributed by atoms with Crippen LogP contribution in [-0.4, -0.2) is 52.4 Å². The molecule has 4 heterocycles. The Bertz CT molecular complexity index is 1180. The Morgan fingerprint density at radius 3 is 2.52 bits per heavy atom. The molecule has 8 heteroatoms. The highest BCUT2D eigenvalue weighted by molar-refractivity contribution is 5.97. The number of ether oxygens (including phenoxy) is 2. The van der Waals surface area contributed by atoms with Crippen LogP contribution in [0.3, 0.4) is 0 Å². The third kappa shape index (κ3) is 3.73. The third-order valence-electron chi connectivity index (χ3n) is 5.96. The van der Waals surface area contributed by atoms with Gasteiger partial charge in [-0.15, -0.1) is 0 Å². The molecule has 0 aliphatic carbocycles. The molecule has 1 spiro atoms. The molecule has 2 aliphatic rings. The van der Waals surface area contributed by atoms with E-state index in [1.807, 2.05) is 6.07 Å². The summed E-state index contributed by atoms with van der Waals surface area (Å²) in [6, 6.07) is 11.1. The molecule has 0 bridgehead atoms. The standard InChI is InChI=1S/C23H22FN3O4/c24-18-5-3-16(4-6-18)15-27-20-17(2-1-9-25-20)14-19(22(27)29)21(28)26-10-7-23(8-11-26)30-12-13-31-23/h1-6,9,14H,7-8,10-13,15H2. The summed E-state index contributed by atoms with van der Waals surface area (Å²) in [5.74, 6) is -1.25. The van der Waals surface area contributed by atoms with Crippen molar-refractivity contribution in [1.29, 1.82) is 0 Å². The number of piperidine rings is 1. The van der Waals surface area contributed by atoms with Gasteiger partial charge in [0.15, 0.2) is 5.79 Å². The van der Waals surface area contributed by atoms with Gasteiger partial charge in [-0.25, -0.2) is 9.37 Å². The van der Waals surface area contributed by atoms with Gasteiger partial charge in [-0.3, -0.25) is 14.2 Å². The number of aromatic nitrogens is 2. The fourth-order valence-corrected chi connectivity index (χ4v) is 4.29. The summed E-state index contributed by atoms with van der Waals surface area (Å²) in [5, 5.41) is 0.698. The Hall–Kier alpha value is -3.10. The zero-order valence-corrected chi connectivity index (χ0v) is 16.9. The first-order chi connectivity index (χ1) is 15.0. The highest BCUT2D eigenvalue weighted by Crippen LogP contribution is 2.31. The molecule has 160 valence electrons. The fourth-order valence-electron chi connectivity index (χ4n) is 4.29. The predicted molar refractivity (Wildman–Crippen MR) is 111 cm³/mol. The van der Waals surface area contributed by atoms with Gasteiger partial charge in [-0.2, -0.15) is 0 Å². The van der Waals surface area contributed by atoms with Gasteiger partial charge in [-0.1, -0.05) is 12.1 Å². The van der Waals surface area contributed by atoms with E-state index in [-0.39, 0.29) is 23.8 Å². The SMILES string of the molecule is O=C(c1cc2cccnc2n(Cc2ccc(F)cc2)c1=O)N1CCC2(CC1)OCCO2. The number of fused-ring (bicyclic) bond motifs is 1. The van der Waals surface area contributed by atoms with E-state index in [0.717, 1.165) is 5.56 Å². The van der Waals surface area contributed by atoms with Gasteiger partial charge in [-0.05, 0) is 35.9 Å². The quantitative estimate of drug-likeness (QED) is 0.647. The smallest absolute Gasteiger partial charge is 0.265 e. The van der Waals surface area contributed by atoms with E-state index in [2.05, 4.69) is 4.98 Å². The number of carbonyl (C=O) groups excluding carboxylic acids is 1. The van der Waals surface area contributed by atoms with Gasteiger partial charge in [0.2, 0.25) is 0 Å². The van der Waals surface area contributed by atoms with Crippen LogP contribution in [0.25, 0.3) is 11.0 Å². The van der Waals surface area contributed by atoms with Crippen molar-refractivity contribution >= 4 is 16.9 Å². The van der Waals surface area contributed by atoms with Crippen LogP contribution in [0.1, 0.15) is 28.8 Å². The first kappa shape index (κ1) is 19.8. The molecule has 1 amide bonds. The molecule has 7 nitrogen and oxygen atoms in total. The van der Waals surface area contributed by atoms with Gasteiger partial charge >= 0.3 is 0 Å². The van der Waals surface area contributed by atoms with E-state index in [4.69, 9.17) is 9.47 Å². The van der Waals surface area contributed by atoms with Crippen molar-refractivity contribution < 1.29 is 18.7 Å². The van der Waals surface area contributed by atoms with Crippen LogP contribution in [0.15, 0.2) is 53.5 Å². The van der Waals surface area contributed by atoms with E-state index in [1.165, 1.54) is 16.7 Å². The molecule has 0 atom stereocenters. The molecule has 2 fully saturated rings. The van der Waals surface area contributed by atoms with Crippen molar-refractivity contribution in [2.24, 2.45) is 0 Å². The average Bonchev–Trinajstić information content (AvgIpc) is 3.25. The molecule has 31 heavy (non-hydrogen) atoms. The van der Waals surface area contributed by atoms with Crippen LogP contribution in [-0.2, 0) is 16.0 Å². The molecule has 2 saturated heterocycles. The normalized spacial score (nSPS) is 18.0. The molecular formula is C23H22FN3O4. The Morgan fingerprint density at radius 2 is 1.81 bits per heavy atom. The maximum atomic E-state index is 13.3. The van der Waals surface area contributed by atoms with E-state index < -0.39 is 11.3 Å². The van der Waals surface area contributed by atoms with Crippen molar-refractivity contribution in [2.45, 2.75) is 25.2 Å². The highest BCUT2D eigenvalue weighted by atomic mass is 19.1. The number of pyridine rings is 2. The molecule has 0 saturated carbocycles. The zero-order chi connectivity index (χ0) is 21.4. The number of halogens is 1. The second kappa shape index (κ2) is 7.86. The largest absolute Gasteiger partial charge is 0.347 e. The fraction of sp³-hybridized carbons (Fsp3) is 0.348. The van der Waals surface area contributed by atoms with E-state index in [1.54, 1.807) is 35.4 Å². The molecule has 3 aromatic rings. The Labute approximate surface area is 178 Å². The first-order valence-corrected chi connectivity index (χ1v) is 10.3. The number of carbonyl (C=O) groups is 1. The summed E-state index contributed by atoms with van der Waals surface area (Å²) in [6.45, 7) is 2.25. The lowest BCUT2D eigenvalue weighted by atomic mass is 10.0. The molecule has 2 aliphatic heterocycles. The maximum absolute atomic E-state index is 13.3. The van der Waals surface area contributed by atoms with E-state index >= 15 is 0 Å². The summed E-state index contributed by atoms with van der Waals surface area (Å²) in [4.78, 5) is 32.6. The molecule has 0 radical (unpaired) electrons. The first-order valence-electron chi connectivity index (χ1n) is 10.3. The zero-order valence-electron chi connectivity index (χ0n) is 16.9. The number of hydrogen-bond donors (Lipinski definition) is 0. The summed E-state index contributed by atoms with van der Waals surface area (Å²) in [7, 11) is 0. The van der Waals surface area contributed by atoms with Crippen molar-refractivity contribution in [2.75, 3.05) is 26.3 Å². The topological polar surface area (TPSA) is 73.7 Å². The number of likely N-dealkylation sites (tertiary alicyclic amines) is 1. The van der Waals surface area contributed by atoms with Crippen LogP contribution in [0, 0.1) is 5.82 Å². The molecule has 2 aromatic heterocycles. The van der Waals surface area contributed by atoms with Gasteiger partial charge in [0.05, 0.1) is 19.8 Å². The number of nitrogens with zero attached hydrogens (tertiary/aromatic N) is 3. The minimum atomic E-state index is -0.590. The average molecular weight is 423 g/mol. The lowest BCUT2D eigenvalue weighted by molar-refractivity contribution is -0.181. The van der Waals surface area contributed by atoms with Gasteiger partial charge < -0.3 is 14.4 Å². The summed E-state index contributed by atoms with van der Waals surface area (Å²) < 4.78 is 26.2.